The normalized spacial score (nSPS) is 10.0. The molecule has 0 saturated heterocycles. The Balaban J connectivity index is 0.00000116. The van der Waals surface area contributed by atoms with Crippen LogP contribution < -0.4 is 11.1 Å². The molecule has 0 aromatic heterocycles. The molecule has 22 heavy (non-hydrogen) atoms. The summed E-state index contributed by atoms with van der Waals surface area (Å²) in [5, 5.41) is 3.34. The number of nitrogens with two attached hydrogens (primary N) is 1. The minimum absolute atomic E-state index is 0.951. The Bertz CT molecular complexity index is 613. The Morgan fingerprint density at radius 2 is 1.73 bits per heavy atom. The lowest BCUT2D eigenvalue weighted by Crippen LogP contribution is -1.98. The van der Waals surface area contributed by atoms with E-state index in [2.05, 4.69) is 79.2 Å². The van der Waals surface area contributed by atoms with Crippen molar-refractivity contribution in [2.24, 2.45) is 5.73 Å². The molecule has 3 N–H and O–H groups in total. The van der Waals surface area contributed by atoms with Gasteiger partial charge in [-0.25, -0.2) is 0 Å². The van der Waals surface area contributed by atoms with Crippen LogP contribution in [0.4, 0.5) is 5.69 Å². The van der Waals surface area contributed by atoms with Gasteiger partial charge in [0.1, 0.15) is 0 Å². The monoisotopic (exact) mass is 294 g/mol. The molecule has 0 fully saturated rings. The Hall–Kier alpha value is -2.32. The SMILES string of the molecule is C=C(C)Nc1cccc(CC)c1/C=C/c1ccccc1.CN. The van der Waals surface area contributed by atoms with E-state index >= 15 is 0 Å². The second kappa shape index (κ2) is 9.59. The predicted molar refractivity (Wildman–Crippen MR) is 99.7 cm³/mol. The highest BCUT2D eigenvalue weighted by Crippen LogP contribution is 2.24. The largest absolute Gasteiger partial charge is 0.359 e. The molecule has 0 aliphatic heterocycles. The van der Waals surface area contributed by atoms with E-state index in [1.165, 1.54) is 23.7 Å². The van der Waals surface area contributed by atoms with Crippen LogP contribution in [0.2, 0.25) is 0 Å². The Kier molecular flexibility index (Phi) is 7.73. The van der Waals surface area contributed by atoms with Crippen LogP contribution in [0.1, 0.15) is 30.5 Å². The fraction of sp³-hybridized carbons (Fsp3) is 0.200. The zero-order chi connectivity index (χ0) is 16.4. The molecule has 0 heterocycles. The lowest BCUT2D eigenvalue weighted by Gasteiger charge is -2.13. The van der Waals surface area contributed by atoms with Crippen molar-refractivity contribution in [3.63, 3.8) is 0 Å². The van der Waals surface area contributed by atoms with Crippen molar-refractivity contribution in [2.45, 2.75) is 20.3 Å². The number of allylic oxidation sites excluding steroid dienone is 1. The van der Waals surface area contributed by atoms with E-state index in [4.69, 9.17) is 0 Å². The summed E-state index contributed by atoms with van der Waals surface area (Å²) in [7, 11) is 1.50. The number of hydrogen-bond acceptors (Lipinski definition) is 2. The van der Waals surface area contributed by atoms with E-state index in [1.54, 1.807) is 0 Å². The highest BCUT2D eigenvalue weighted by Gasteiger charge is 2.04. The maximum absolute atomic E-state index is 4.50. The van der Waals surface area contributed by atoms with Gasteiger partial charge in [0.05, 0.1) is 0 Å². The number of anilines is 1. The zero-order valence-corrected chi connectivity index (χ0v) is 13.8. The average Bonchev–Trinajstić information content (AvgIpc) is 2.55. The highest BCUT2D eigenvalue weighted by molar-refractivity contribution is 5.79. The summed E-state index contributed by atoms with van der Waals surface area (Å²) in [5.41, 5.74) is 10.3. The molecule has 2 rings (SSSR count). The summed E-state index contributed by atoms with van der Waals surface area (Å²) in [6.45, 7) is 8.09. The van der Waals surface area contributed by atoms with Crippen LogP contribution in [0.3, 0.4) is 0 Å². The van der Waals surface area contributed by atoms with Crippen LogP contribution in [0.15, 0.2) is 60.8 Å². The molecule has 0 bridgehead atoms. The van der Waals surface area contributed by atoms with E-state index in [1.807, 2.05) is 13.0 Å². The molecular weight excluding hydrogens is 268 g/mol. The second-order valence-electron chi connectivity index (χ2n) is 4.88. The number of nitrogens with one attached hydrogen (secondary N) is 1. The van der Waals surface area contributed by atoms with Crippen molar-refractivity contribution in [1.82, 2.24) is 0 Å². The van der Waals surface area contributed by atoms with Gasteiger partial charge in [0.2, 0.25) is 0 Å². The van der Waals surface area contributed by atoms with Gasteiger partial charge in [-0.05, 0) is 37.6 Å². The maximum atomic E-state index is 4.50. The molecule has 0 unspecified atom stereocenters. The molecule has 2 aromatic rings. The zero-order valence-electron chi connectivity index (χ0n) is 13.8. The van der Waals surface area contributed by atoms with Gasteiger partial charge in [0, 0.05) is 16.9 Å². The predicted octanol–water partition coefficient (Wildman–Crippen LogP) is 4.94. The fourth-order valence-corrected chi connectivity index (χ4v) is 2.20. The summed E-state index contributed by atoms with van der Waals surface area (Å²) in [4.78, 5) is 0. The van der Waals surface area contributed by atoms with Gasteiger partial charge in [-0.15, -0.1) is 0 Å². The van der Waals surface area contributed by atoms with Gasteiger partial charge in [0.15, 0.2) is 0 Å². The molecule has 2 heteroatoms. The van der Waals surface area contributed by atoms with E-state index in [0.29, 0.717) is 0 Å². The van der Waals surface area contributed by atoms with E-state index in [-0.39, 0.29) is 0 Å². The van der Waals surface area contributed by atoms with Crippen molar-refractivity contribution in [3.8, 4) is 0 Å². The number of rotatable bonds is 5. The van der Waals surface area contributed by atoms with E-state index < -0.39 is 0 Å². The van der Waals surface area contributed by atoms with Crippen LogP contribution in [-0.2, 0) is 6.42 Å². The van der Waals surface area contributed by atoms with Crippen molar-refractivity contribution in [2.75, 3.05) is 12.4 Å². The molecule has 0 aliphatic carbocycles. The Labute approximate surface area is 134 Å². The lowest BCUT2D eigenvalue weighted by molar-refractivity contribution is 1.13. The van der Waals surface area contributed by atoms with Crippen molar-refractivity contribution >= 4 is 17.8 Å². The molecule has 2 nitrogen and oxygen atoms in total. The van der Waals surface area contributed by atoms with E-state index in [0.717, 1.165) is 17.8 Å². The Morgan fingerprint density at radius 1 is 1.05 bits per heavy atom. The van der Waals surface area contributed by atoms with Crippen LogP contribution >= 0.6 is 0 Å². The van der Waals surface area contributed by atoms with Crippen molar-refractivity contribution < 1.29 is 0 Å². The number of hydrogen-bond donors (Lipinski definition) is 2. The third-order valence-electron chi connectivity index (χ3n) is 3.17. The summed E-state index contributed by atoms with van der Waals surface area (Å²) in [6.07, 6.45) is 5.34. The van der Waals surface area contributed by atoms with Gasteiger partial charge >= 0.3 is 0 Å². The summed E-state index contributed by atoms with van der Waals surface area (Å²) in [6, 6.07) is 16.7. The molecule has 0 atom stereocenters. The summed E-state index contributed by atoms with van der Waals surface area (Å²) in [5.74, 6) is 0. The van der Waals surface area contributed by atoms with Crippen LogP contribution in [-0.4, -0.2) is 7.05 Å². The molecular formula is C20H26N2. The smallest absolute Gasteiger partial charge is 0.0457 e. The fourth-order valence-electron chi connectivity index (χ4n) is 2.20. The quantitative estimate of drug-likeness (QED) is 0.766. The topological polar surface area (TPSA) is 38.0 Å². The standard InChI is InChI=1S/C19H21N.CH5N/c1-4-17-11-8-12-19(20-15(2)3)18(17)14-13-16-9-6-5-7-10-16;1-2/h5-14,20H,2,4H2,1,3H3;2H2,1H3/b14-13+;. The third kappa shape index (κ3) is 5.23. The first-order valence-corrected chi connectivity index (χ1v) is 7.56. The van der Waals surface area contributed by atoms with Gasteiger partial charge < -0.3 is 11.1 Å². The third-order valence-corrected chi connectivity index (χ3v) is 3.17. The first-order chi connectivity index (χ1) is 10.7. The van der Waals surface area contributed by atoms with Gasteiger partial charge in [-0.1, -0.05) is 68.1 Å². The molecule has 0 saturated carbocycles. The maximum Gasteiger partial charge on any atom is 0.0457 e. The minimum Gasteiger partial charge on any atom is -0.359 e. The molecule has 0 radical (unpaired) electrons. The molecule has 2 aromatic carbocycles. The van der Waals surface area contributed by atoms with Gasteiger partial charge in [0.25, 0.3) is 0 Å². The Morgan fingerprint density at radius 3 is 2.32 bits per heavy atom. The molecule has 0 amide bonds. The number of benzene rings is 2. The van der Waals surface area contributed by atoms with Crippen LogP contribution in [0.5, 0.6) is 0 Å². The summed E-state index contributed by atoms with van der Waals surface area (Å²) >= 11 is 0. The van der Waals surface area contributed by atoms with Gasteiger partial charge in [-0.2, -0.15) is 0 Å². The lowest BCUT2D eigenvalue weighted by atomic mass is 10.0. The van der Waals surface area contributed by atoms with Crippen molar-refractivity contribution in [1.29, 1.82) is 0 Å². The minimum atomic E-state index is 0.951. The molecule has 0 aliphatic rings. The first kappa shape index (κ1) is 17.7. The molecule has 0 spiro atoms. The van der Waals surface area contributed by atoms with Crippen LogP contribution in [0, 0.1) is 0 Å². The second-order valence-corrected chi connectivity index (χ2v) is 4.88. The van der Waals surface area contributed by atoms with Gasteiger partial charge in [-0.3, -0.25) is 0 Å². The van der Waals surface area contributed by atoms with Crippen molar-refractivity contribution in [3.05, 3.63) is 77.5 Å². The highest BCUT2D eigenvalue weighted by atomic mass is 14.9. The van der Waals surface area contributed by atoms with Crippen LogP contribution in [0.25, 0.3) is 12.2 Å². The number of aryl methyl sites for hydroxylation is 1. The summed E-state index contributed by atoms with van der Waals surface area (Å²) < 4.78 is 0. The first-order valence-electron chi connectivity index (χ1n) is 7.56. The molecule has 116 valence electrons. The van der Waals surface area contributed by atoms with E-state index in [9.17, 15) is 0 Å². The average molecular weight is 294 g/mol.